The molecule has 1 saturated heterocycles. The lowest BCUT2D eigenvalue weighted by molar-refractivity contribution is 0.204. The first-order valence-corrected chi connectivity index (χ1v) is 4.90. The molecule has 3 heteroatoms. The van der Waals surface area contributed by atoms with E-state index in [0.29, 0.717) is 12.1 Å². The Morgan fingerprint density at radius 3 is 3.31 bits per heavy atom. The highest BCUT2D eigenvalue weighted by atomic mass is 35.5. The quantitative estimate of drug-likeness (QED) is 0.685. The summed E-state index contributed by atoms with van der Waals surface area (Å²) in [6.45, 7) is 0.955. The van der Waals surface area contributed by atoms with Gasteiger partial charge in [-0.2, -0.15) is 0 Å². The van der Waals surface area contributed by atoms with E-state index in [1.165, 1.54) is 5.56 Å². The Hall–Kier alpha value is -0.730. The molecule has 0 aliphatic carbocycles. The maximum Gasteiger partial charge on any atom is 0.126 e. The van der Waals surface area contributed by atoms with Gasteiger partial charge in [0.2, 0.25) is 0 Å². The molecule has 2 atom stereocenters. The maximum atomic E-state index is 5.89. The van der Waals surface area contributed by atoms with Crippen LogP contribution in [0.1, 0.15) is 18.0 Å². The van der Waals surface area contributed by atoms with Gasteiger partial charge >= 0.3 is 0 Å². The third kappa shape index (κ3) is 1.13. The van der Waals surface area contributed by atoms with Crippen molar-refractivity contribution in [3.63, 3.8) is 0 Å². The van der Waals surface area contributed by atoms with Crippen LogP contribution < -0.4 is 10.1 Å². The fourth-order valence-electron chi connectivity index (χ4n) is 2.11. The summed E-state index contributed by atoms with van der Waals surface area (Å²) in [7, 11) is 0. The van der Waals surface area contributed by atoms with Crippen molar-refractivity contribution in [3.05, 3.63) is 28.8 Å². The third-order valence-electron chi connectivity index (χ3n) is 2.74. The van der Waals surface area contributed by atoms with Gasteiger partial charge in [-0.3, -0.25) is 0 Å². The second-order valence-electron chi connectivity index (χ2n) is 3.62. The maximum absolute atomic E-state index is 5.89. The Morgan fingerprint density at radius 1 is 1.46 bits per heavy atom. The Kier molecular flexibility index (Phi) is 1.55. The van der Waals surface area contributed by atoms with Crippen molar-refractivity contribution in [1.29, 1.82) is 0 Å². The summed E-state index contributed by atoms with van der Waals surface area (Å²) in [5.74, 6) is 0.957. The monoisotopic (exact) mass is 195 g/mol. The summed E-state index contributed by atoms with van der Waals surface area (Å²) in [6, 6.07) is 6.36. The molecule has 1 fully saturated rings. The number of hydrogen-bond donors (Lipinski definition) is 1. The van der Waals surface area contributed by atoms with Crippen molar-refractivity contribution in [2.75, 3.05) is 6.54 Å². The van der Waals surface area contributed by atoms with E-state index in [1.807, 2.05) is 12.1 Å². The minimum Gasteiger partial charge on any atom is -0.489 e. The first kappa shape index (κ1) is 7.65. The summed E-state index contributed by atoms with van der Waals surface area (Å²) in [4.78, 5) is 0. The number of halogens is 1. The number of hydrogen-bond acceptors (Lipinski definition) is 2. The summed E-state index contributed by atoms with van der Waals surface area (Å²) in [5.41, 5.74) is 1.25. The van der Waals surface area contributed by atoms with E-state index in [1.54, 1.807) is 0 Å². The molecule has 68 valence electrons. The summed E-state index contributed by atoms with van der Waals surface area (Å²) in [5, 5.41) is 4.18. The van der Waals surface area contributed by atoms with Gasteiger partial charge < -0.3 is 10.1 Å². The van der Waals surface area contributed by atoms with Crippen molar-refractivity contribution in [2.24, 2.45) is 0 Å². The number of fused-ring (bicyclic) bond motifs is 4. The SMILES string of the molecule is Clc1ccc2c(c1)O[C@@H]1CN[C@H]2C1. The van der Waals surface area contributed by atoms with Crippen LogP contribution in [0.4, 0.5) is 0 Å². The van der Waals surface area contributed by atoms with Crippen molar-refractivity contribution >= 4 is 11.6 Å². The second kappa shape index (κ2) is 2.63. The molecule has 1 N–H and O–H groups in total. The van der Waals surface area contributed by atoms with Crippen LogP contribution in [0, 0.1) is 0 Å². The zero-order chi connectivity index (χ0) is 8.84. The van der Waals surface area contributed by atoms with Crippen LogP contribution in [0.5, 0.6) is 5.75 Å². The van der Waals surface area contributed by atoms with Crippen LogP contribution in [-0.4, -0.2) is 12.6 Å². The number of ether oxygens (including phenoxy) is 1. The largest absolute Gasteiger partial charge is 0.489 e. The van der Waals surface area contributed by atoms with E-state index in [9.17, 15) is 0 Å². The Labute approximate surface area is 81.8 Å². The molecular weight excluding hydrogens is 186 g/mol. The lowest BCUT2D eigenvalue weighted by Gasteiger charge is -2.23. The zero-order valence-corrected chi connectivity index (χ0v) is 7.84. The average Bonchev–Trinajstić information content (AvgIpc) is 2.48. The summed E-state index contributed by atoms with van der Waals surface area (Å²) >= 11 is 5.89. The fraction of sp³-hybridized carbons (Fsp3) is 0.400. The summed E-state index contributed by atoms with van der Waals surface area (Å²) < 4.78 is 5.76. The lowest BCUT2D eigenvalue weighted by Crippen LogP contribution is -2.19. The van der Waals surface area contributed by atoms with Crippen LogP contribution in [0.25, 0.3) is 0 Å². The second-order valence-corrected chi connectivity index (χ2v) is 4.05. The summed E-state index contributed by atoms with van der Waals surface area (Å²) in [6.07, 6.45) is 1.44. The highest BCUT2D eigenvalue weighted by Crippen LogP contribution is 2.39. The molecule has 3 rings (SSSR count). The van der Waals surface area contributed by atoms with Gasteiger partial charge in [0.15, 0.2) is 0 Å². The van der Waals surface area contributed by atoms with Crippen LogP contribution in [0.2, 0.25) is 5.02 Å². The van der Waals surface area contributed by atoms with Gasteiger partial charge in [0, 0.05) is 29.6 Å². The minimum absolute atomic E-state index is 0.343. The lowest BCUT2D eigenvalue weighted by atomic mass is 10.0. The van der Waals surface area contributed by atoms with E-state index in [4.69, 9.17) is 16.3 Å². The van der Waals surface area contributed by atoms with Crippen LogP contribution in [-0.2, 0) is 0 Å². The van der Waals surface area contributed by atoms with E-state index in [2.05, 4.69) is 11.4 Å². The molecule has 0 aromatic heterocycles. The van der Waals surface area contributed by atoms with Gasteiger partial charge in [0.1, 0.15) is 11.9 Å². The molecule has 1 aromatic carbocycles. The van der Waals surface area contributed by atoms with Crippen molar-refractivity contribution in [2.45, 2.75) is 18.6 Å². The van der Waals surface area contributed by atoms with Gasteiger partial charge in [0.25, 0.3) is 0 Å². The Bertz CT molecular complexity index is 353. The molecule has 0 radical (unpaired) electrons. The van der Waals surface area contributed by atoms with Gasteiger partial charge in [-0.1, -0.05) is 17.7 Å². The van der Waals surface area contributed by atoms with Crippen molar-refractivity contribution in [3.8, 4) is 5.75 Å². The number of nitrogens with one attached hydrogen (secondary N) is 1. The molecule has 2 nitrogen and oxygen atoms in total. The Morgan fingerprint density at radius 2 is 2.38 bits per heavy atom. The standard InChI is InChI=1S/C10H10ClNO/c11-6-1-2-8-9-4-7(5-12-9)13-10(8)3-6/h1-3,7,9,12H,4-5H2/t7-,9-/m0/s1. The van der Waals surface area contributed by atoms with E-state index in [-0.39, 0.29) is 0 Å². The molecule has 0 saturated carbocycles. The highest BCUT2D eigenvalue weighted by molar-refractivity contribution is 6.30. The normalized spacial score (nSPS) is 29.6. The fourth-order valence-corrected chi connectivity index (χ4v) is 2.27. The minimum atomic E-state index is 0.343. The zero-order valence-electron chi connectivity index (χ0n) is 7.09. The molecule has 2 bridgehead atoms. The van der Waals surface area contributed by atoms with E-state index >= 15 is 0 Å². The molecular formula is C10H10ClNO. The van der Waals surface area contributed by atoms with Gasteiger partial charge in [-0.25, -0.2) is 0 Å². The number of benzene rings is 1. The molecule has 0 amide bonds. The van der Waals surface area contributed by atoms with Crippen LogP contribution in [0.3, 0.4) is 0 Å². The molecule has 2 heterocycles. The third-order valence-corrected chi connectivity index (χ3v) is 2.97. The molecule has 1 aromatic rings. The first-order valence-electron chi connectivity index (χ1n) is 4.52. The average molecular weight is 196 g/mol. The molecule has 0 spiro atoms. The topological polar surface area (TPSA) is 21.3 Å². The predicted octanol–water partition coefficient (Wildman–Crippen LogP) is 2.14. The first-order chi connectivity index (χ1) is 6.33. The molecule has 0 unspecified atom stereocenters. The van der Waals surface area contributed by atoms with Crippen molar-refractivity contribution in [1.82, 2.24) is 5.32 Å². The number of rotatable bonds is 0. The van der Waals surface area contributed by atoms with Gasteiger partial charge in [-0.15, -0.1) is 0 Å². The van der Waals surface area contributed by atoms with Gasteiger partial charge in [-0.05, 0) is 12.1 Å². The van der Waals surface area contributed by atoms with E-state index < -0.39 is 0 Å². The highest BCUT2D eigenvalue weighted by Gasteiger charge is 2.33. The predicted molar refractivity (Wildman–Crippen MR) is 51.2 cm³/mol. The van der Waals surface area contributed by atoms with E-state index in [0.717, 1.165) is 23.7 Å². The van der Waals surface area contributed by atoms with Crippen LogP contribution >= 0.6 is 11.6 Å². The van der Waals surface area contributed by atoms with Crippen LogP contribution in [0.15, 0.2) is 18.2 Å². The molecule has 13 heavy (non-hydrogen) atoms. The molecule has 2 aliphatic heterocycles. The smallest absolute Gasteiger partial charge is 0.126 e. The van der Waals surface area contributed by atoms with Crippen molar-refractivity contribution < 1.29 is 4.74 Å². The molecule has 2 aliphatic rings. The Balaban J connectivity index is 2.12. The van der Waals surface area contributed by atoms with Gasteiger partial charge in [0.05, 0.1) is 0 Å².